The lowest BCUT2D eigenvalue weighted by molar-refractivity contribution is 0.195. The van der Waals surface area contributed by atoms with E-state index in [4.69, 9.17) is 15.0 Å². The zero-order valence-corrected chi connectivity index (χ0v) is 20.4. The maximum absolute atomic E-state index is 12.9. The number of methoxy groups -OCH3 is 1. The Kier molecular flexibility index (Phi) is 7.96. The van der Waals surface area contributed by atoms with Crippen molar-refractivity contribution in [3.63, 3.8) is 0 Å². The molecule has 0 bridgehead atoms. The highest BCUT2D eigenvalue weighted by Gasteiger charge is 2.22. The summed E-state index contributed by atoms with van der Waals surface area (Å²) in [7, 11) is 1.61. The van der Waals surface area contributed by atoms with Crippen LogP contribution in [0.25, 0.3) is 11.4 Å². The molecule has 2 aromatic carbocycles. The van der Waals surface area contributed by atoms with Crippen LogP contribution in [0.1, 0.15) is 30.4 Å². The summed E-state index contributed by atoms with van der Waals surface area (Å²) in [6, 6.07) is 17.4. The van der Waals surface area contributed by atoms with Gasteiger partial charge in [-0.15, -0.1) is 0 Å². The van der Waals surface area contributed by atoms with Crippen LogP contribution in [0.2, 0.25) is 0 Å². The van der Waals surface area contributed by atoms with Gasteiger partial charge in [-0.1, -0.05) is 66.7 Å². The third-order valence-electron chi connectivity index (χ3n) is 5.90. The minimum absolute atomic E-state index is 0.0694. The molecule has 3 N–H and O–H groups in total. The summed E-state index contributed by atoms with van der Waals surface area (Å²) >= 11 is 0. The van der Waals surface area contributed by atoms with Crippen molar-refractivity contribution in [1.29, 1.82) is 0 Å². The Bertz CT molecular complexity index is 1390. The summed E-state index contributed by atoms with van der Waals surface area (Å²) in [6.07, 6.45) is 1.56. The predicted octanol–water partition coefficient (Wildman–Crippen LogP) is 2.82. The Morgan fingerprint density at radius 3 is 2.53 bits per heavy atom. The zero-order chi connectivity index (χ0) is 25.5. The summed E-state index contributed by atoms with van der Waals surface area (Å²) < 4.78 is 12.0. The predicted molar refractivity (Wildman–Crippen MR) is 138 cm³/mol. The third-order valence-corrected chi connectivity index (χ3v) is 5.90. The monoisotopic (exact) mass is 490 g/mol. The van der Waals surface area contributed by atoms with E-state index in [2.05, 4.69) is 22.0 Å². The number of aromatic nitrogens is 4. The highest BCUT2D eigenvalue weighted by atomic mass is 16.5. The molecule has 0 unspecified atom stereocenters. The number of aryl methyl sites for hydroxylation is 1. The minimum atomic E-state index is -0.575. The van der Waals surface area contributed by atoms with E-state index in [9.17, 15) is 9.59 Å². The molecule has 2 heterocycles. The summed E-state index contributed by atoms with van der Waals surface area (Å²) in [5, 5.41) is 4.11. The molecule has 10 nitrogen and oxygen atoms in total. The van der Waals surface area contributed by atoms with Gasteiger partial charge in [-0.05, 0) is 24.0 Å². The Labute approximate surface area is 208 Å². The fraction of sp³-hybridized carbons (Fsp3) is 0.308. The standard InChI is InChI=1S/C26H30N6O4/c1-3-18-10-12-20(13-11-18)24-28-21(36-30-24)17-31(14-7-15-35-2)22-23(27)32(26(34)29-25(22)33)16-19-8-5-4-6-9-19/h4-6,8-13H,3,7,14-17,27H2,1-2H3,(H,29,33,34). The van der Waals surface area contributed by atoms with Crippen molar-refractivity contribution in [2.45, 2.75) is 32.9 Å². The van der Waals surface area contributed by atoms with Gasteiger partial charge in [0.15, 0.2) is 0 Å². The van der Waals surface area contributed by atoms with Gasteiger partial charge in [0, 0.05) is 25.8 Å². The second kappa shape index (κ2) is 11.5. The number of hydrogen-bond donors (Lipinski definition) is 2. The van der Waals surface area contributed by atoms with Crippen LogP contribution in [0, 0.1) is 0 Å². The van der Waals surface area contributed by atoms with Gasteiger partial charge >= 0.3 is 5.69 Å². The number of benzene rings is 2. The van der Waals surface area contributed by atoms with Crippen molar-refractivity contribution in [2.75, 3.05) is 30.9 Å². The molecule has 4 rings (SSSR count). The summed E-state index contributed by atoms with van der Waals surface area (Å²) in [4.78, 5) is 34.2. The Hall–Kier alpha value is -4.18. The highest BCUT2D eigenvalue weighted by Crippen LogP contribution is 2.22. The molecule has 0 saturated heterocycles. The number of hydrogen-bond acceptors (Lipinski definition) is 8. The van der Waals surface area contributed by atoms with E-state index in [1.807, 2.05) is 54.6 Å². The average molecular weight is 491 g/mol. The molecule has 0 fully saturated rings. The van der Waals surface area contributed by atoms with Gasteiger partial charge in [0.2, 0.25) is 11.7 Å². The van der Waals surface area contributed by atoms with Crippen LogP contribution in [0.4, 0.5) is 11.5 Å². The molecule has 0 aliphatic heterocycles. The second-order valence-corrected chi connectivity index (χ2v) is 8.39. The van der Waals surface area contributed by atoms with Crippen molar-refractivity contribution < 1.29 is 9.26 Å². The van der Waals surface area contributed by atoms with E-state index in [-0.39, 0.29) is 24.6 Å². The fourth-order valence-electron chi connectivity index (χ4n) is 3.96. The smallest absolute Gasteiger partial charge is 0.330 e. The molecular weight excluding hydrogens is 460 g/mol. The van der Waals surface area contributed by atoms with Crippen molar-refractivity contribution in [3.8, 4) is 11.4 Å². The molecule has 0 atom stereocenters. The Balaban J connectivity index is 1.66. The molecule has 188 valence electrons. The maximum Gasteiger partial charge on any atom is 0.330 e. The van der Waals surface area contributed by atoms with Crippen LogP contribution in [0.5, 0.6) is 0 Å². The molecule has 0 saturated carbocycles. The lowest BCUT2D eigenvalue weighted by Crippen LogP contribution is -2.39. The quantitative estimate of drug-likeness (QED) is 0.307. The average Bonchev–Trinajstić information content (AvgIpc) is 3.35. The van der Waals surface area contributed by atoms with Gasteiger partial charge in [0.25, 0.3) is 5.56 Å². The van der Waals surface area contributed by atoms with Gasteiger partial charge < -0.3 is 19.9 Å². The van der Waals surface area contributed by atoms with Gasteiger partial charge in [-0.25, -0.2) is 4.79 Å². The van der Waals surface area contributed by atoms with E-state index >= 15 is 0 Å². The van der Waals surface area contributed by atoms with Crippen LogP contribution in [-0.4, -0.2) is 40.0 Å². The SMILES string of the molecule is CCc1ccc(-c2noc(CN(CCCOC)c3c(N)n(Cc4ccccc4)c(=O)[nH]c3=O)n2)cc1. The van der Waals surface area contributed by atoms with E-state index in [1.54, 1.807) is 12.0 Å². The molecule has 0 radical (unpaired) electrons. The first kappa shape index (κ1) is 24.9. The first-order valence-corrected chi connectivity index (χ1v) is 11.8. The first-order chi connectivity index (χ1) is 17.5. The molecule has 36 heavy (non-hydrogen) atoms. The molecule has 0 aliphatic carbocycles. The summed E-state index contributed by atoms with van der Waals surface area (Å²) in [6.45, 7) is 3.36. The van der Waals surface area contributed by atoms with Gasteiger partial charge in [0.05, 0.1) is 13.1 Å². The maximum atomic E-state index is 12.9. The number of nitrogens with zero attached hydrogens (tertiary/aromatic N) is 4. The molecule has 0 aliphatic rings. The number of nitrogens with two attached hydrogens (primary N) is 1. The van der Waals surface area contributed by atoms with Crippen LogP contribution < -0.4 is 21.9 Å². The minimum Gasteiger partial charge on any atom is -0.385 e. The number of aromatic amines is 1. The van der Waals surface area contributed by atoms with Crippen molar-refractivity contribution in [2.24, 2.45) is 0 Å². The first-order valence-electron chi connectivity index (χ1n) is 11.8. The number of nitrogen functional groups attached to an aromatic ring is 1. The van der Waals surface area contributed by atoms with E-state index in [0.717, 1.165) is 17.5 Å². The van der Waals surface area contributed by atoms with Crippen LogP contribution >= 0.6 is 0 Å². The summed E-state index contributed by atoms with van der Waals surface area (Å²) in [5.74, 6) is 0.849. The highest BCUT2D eigenvalue weighted by molar-refractivity contribution is 5.62. The number of anilines is 2. The van der Waals surface area contributed by atoms with Gasteiger partial charge in [-0.2, -0.15) is 4.98 Å². The van der Waals surface area contributed by atoms with Crippen LogP contribution in [0.3, 0.4) is 0 Å². The van der Waals surface area contributed by atoms with Crippen molar-refractivity contribution >= 4 is 11.5 Å². The van der Waals surface area contributed by atoms with E-state index in [0.29, 0.717) is 31.3 Å². The second-order valence-electron chi connectivity index (χ2n) is 8.39. The number of nitrogens with one attached hydrogen (secondary N) is 1. The van der Waals surface area contributed by atoms with Gasteiger partial charge in [-0.3, -0.25) is 14.3 Å². The normalized spacial score (nSPS) is 11.1. The van der Waals surface area contributed by atoms with Crippen molar-refractivity contribution in [3.05, 3.63) is 92.5 Å². The topological polar surface area (TPSA) is 132 Å². The zero-order valence-electron chi connectivity index (χ0n) is 20.4. The molecule has 2 aromatic heterocycles. The number of H-pyrrole nitrogens is 1. The molecule has 10 heteroatoms. The van der Waals surface area contributed by atoms with Crippen LogP contribution in [-0.2, 0) is 24.2 Å². The molecular formula is C26H30N6O4. The lowest BCUT2D eigenvalue weighted by Gasteiger charge is -2.24. The number of rotatable bonds is 11. The van der Waals surface area contributed by atoms with E-state index in [1.165, 1.54) is 10.1 Å². The van der Waals surface area contributed by atoms with E-state index < -0.39 is 11.2 Å². The van der Waals surface area contributed by atoms with Crippen LogP contribution in [0.15, 0.2) is 68.7 Å². The Morgan fingerprint density at radius 1 is 1.08 bits per heavy atom. The summed E-state index contributed by atoms with van der Waals surface area (Å²) in [5.41, 5.74) is 8.38. The molecule has 0 spiro atoms. The number of ether oxygens (including phenoxy) is 1. The molecule has 4 aromatic rings. The fourth-order valence-corrected chi connectivity index (χ4v) is 3.96. The Morgan fingerprint density at radius 2 is 1.83 bits per heavy atom. The van der Waals surface area contributed by atoms with Crippen molar-refractivity contribution in [1.82, 2.24) is 19.7 Å². The van der Waals surface area contributed by atoms with Gasteiger partial charge in [0.1, 0.15) is 11.5 Å². The molecule has 0 amide bonds. The lowest BCUT2D eigenvalue weighted by atomic mass is 10.1. The third kappa shape index (κ3) is 5.72. The largest absolute Gasteiger partial charge is 0.385 e.